The monoisotopic (exact) mass is 402 g/mol. The van der Waals surface area contributed by atoms with Crippen LogP contribution in [-0.2, 0) is 4.79 Å². The van der Waals surface area contributed by atoms with Crippen LogP contribution in [0.2, 0.25) is 0 Å². The van der Waals surface area contributed by atoms with Crippen molar-refractivity contribution in [2.45, 2.75) is 13.8 Å². The molecule has 1 heterocycles. The molecular weight excluding hydrogens is 380 g/mol. The minimum atomic E-state index is -0.235. The van der Waals surface area contributed by atoms with E-state index in [0.29, 0.717) is 17.0 Å². The summed E-state index contributed by atoms with van der Waals surface area (Å²) in [4.78, 5) is 13.9. The molecule has 1 N–H and O–H groups in total. The highest BCUT2D eigenvalue weighted by molar-refractivity contribution is 5.95. The van der Waals surface area contributed by atoms with E-state index < -0.39 is 0 Å². The standard InChI is InChI=1S/C23H22N4O3/c1-15-5-4-6-19(11-15)30-14-23(28)24-20-13-22-21(12-16(20)2)25-27(26-22)17-7-9-18(29-3)10-8-17/h4-13H,14H2,1-3H3,(H,24,28). The fourth-order valence-electron chi connectivity index (χ4n) is 3.07. The maximum absolute atomic E-state index is 12.4. The zero-order chi connectivity index (χ0) is 21.1. The summed E-state index contributed by atoms with van der Waals surface area (Å²) in [7, 11) is 1.62. The molecular formula is C23H22N4O3. The SMILES string of the molecule is COc1ccc(-n2nc3cc(C)c(NC(=O)COc4cccc(C)c4)cc3n2)cc1. The highest BCUT2D eigenvalue weighted by Gasteiger charge is 2.11. The first kappa shape index (κ1) is 19.4. The van der Waals surface area contributed by atoms with E-state index in [-0.39, 0.29) is 12.5 Å². The van der Waals surface area contributed by atoms with Gasteiger partial charge in [-0.15, -0.1) is 10.2 Å². The Morgan fingerprint density at radius 2 is 1.70 bits per heavy atom. The summed E-state index contributed by atoms with van der Waals surface area (Å²) in [5.74, 6) is 1.20. The summed E-state index contributed by atoms with van der Waals surface area (Å²) in [6.07, 6.45) is 0. The molecule has 0 fully saturated rings. The smallest absolute Gasteiger partial charge is 0.262 e. The number of nitrogens with zero attached hydrogens (tertiary/aromatic N) is 3. The number of benzene rings is 3. The number of aromatic nitrogens is 3. The van der Waals surface area contributed by atoms with Gasteiger partial charge in [0.25, 0.3) is 5.91 Å². The molecule has 7 nitrogen and oxygen atoms in total. The number of methoxy groups -OCH3 is 1. The van der Waals surface area contributed by atoms with Crippen molar-refractivity contribution in [3.8, 4) is 17.2 Å². The summed E-state index contributed by atoms with van der Waals surface area (Å²) >= 11 is 0. The molecule has 0 aliphatic rings. The second kappa shape index (κ2) is 8.24. The first-order valence-electron chi connectivity index (χ1n) is 9.53. The molecule has 1 aromatic heterocycles. The number of amides is 1. The second-order valence-electron chi connectivity index (χ2n) is 7.00. The van der Waals surface area contributed by atoms with Gasteiger partial charge in [-0.05, 0) is 73.5 Å². The fraction of sp³-hybridized carbons (Fsp3) is 0.174. The lowest BCUT2D eigenvalue weighted by Crippen LogP contribution is -2.20. The van der Waals surface area contributed by atoms with Gasteiger partial charge >= 0.3 is 0 Å². The van der Waals surface area contributed by atoms with Crippen molar-refractivity contribution in [3.05, 3.63) is 71.8 Å². The van der Waals surface area contributed by atoms with Gasteiger partial charge in [-0.1, -0.05) is 12.1 Å². The van der Waals surface area contributed by atoms with Crippen LogP contribution >= 0.6 is 0 Å². The van der Waals surface area contributed by atoms with Gasteiger partial charge in [-0.3, -0.25) is 4.79 Å². The Bertz CT molecular complexity index is 1200. The number of carbonyl (C=O) groups excluding carboxylic acids is 1. The molecule has 0 aliphatic heterocycles. The lowest BCUT2D eigenvalue weighted by molar-refractivity contribution is -0.118. The molecule has 1 amide bonds. The third-order valence-electron chi connectivity index (χ3n) is 4.66. The quantitative estimate of drug-likeness (QED) is 0.526. The van der Waals surface area contributed by atoms with Gasteiger partial charge in [0.15, 0.2) is 6.61 Å². The van der Waals surface area contributed by atoms with Crippen LogP contribution in [0.1, 0.15) is 11.1 Å². The van der Waals surface area contributed by atoms with Gasteiger partial charge in [0.1, 0.15) is 22.5 Å². The van der Waals surface area contributed by atoms with Crippen LogP contribution in [0.15, 0.2) is 60.7 Å². The Hall–Kier alpha value is -3.87. The second-order valence-corrected chi connectivity index (χ2v) is 7.00. The first-order chi connectivity index (χ1) is 14.5. The molecule has 152 valence electrons. The molecule has 0 saturated heterocycles. The normalized spacial score (nSPS) is 10.8. The number of rotatable bonds is 6. The molecule has 0 aliphatic carbocycles. The number of hydrogen-bond donors (Lipinski definition) is 1. The number of hydrogen-bond acceptors (Lipinski definition) is 5. The minimum absolute atomic E-state index is 0.0700. The van der Waals surface area contributed by atoms with E-state index >= 15 is 0 Å². The lowest BCUT2D eigenvalue weighted by Gasteiger charge is -2.10. The Morgan fingerprint density at radius 1 is 0.967 bits per heavy atom. The van der Waals surface area contributed by atoms with E-state index in [2.05, 4.69) is 15.5 Å². The number of fused-ring (bicyclic) bond motifs is 1. The molecule has 0 saturated carbocycles. The van der Waals surface area contributed by atoms with Gasteiger partial charge in [0, 0.05) is 5.69 Å². The van der Waals surface area contributed by atoms with Crippen LogP contribution in [0.3, 0.4) is 0 Å². The zero-order valence-electron chi connectivity index (χ0n) is 17.0. The van der Waals surface area contributed by atoms with Crippen molar-refractivity contribution in [1.82, 2.24) is 15.0 Å². The Balaban J connectivity index is 1.50. The van der Waals surface area contributed by atoms with Crippen LogP contribution in [0, 0.1) is 13.8 Å². The number of ether oxygens (including phenoxy) is 2. The summed E-state index contributed by atoms with van der Waals surface area (Å²) < 4.78 is 10.8. The van der Waals surface area contributed by atoms with E-state index in [1.165, 1.54) is 0 Å². The van der Waals surface area contributed by atoms with Crippen LogP contribution < -0.4 is 14.8 Å². The maximum atomic E-state index is 12.4. The van der Waals surface area contributed by atoms with E-state index in [1.54, 1.807) is 11.9 Å². The van der Waals surface area contributed by atoms with Crippen molar-refractivity contribution >= 4 is 22.6 Å². The maximum Gasteiger partial charge on any atom is 0.262 e. The highest BCUT2D eigenvalue weighted by Crippen LogP contribution is 2.23. The number of anilines is 1. The van der Waals surface area contributed by atoms with Gasteiger partial charge in [0.05, 0.1) is 12.8 Å². The van der Waals surface area contributed by atoms with Crippen molar-refractivity contribution in [2.24, 2.45) is 0 Å². The number of aryl methyl sites for hydroxylation is 2. The Labute approximate surface area is 174 Å². The highest BCUT2D eigenvalue weighted by atomic mass is 16.5. The topological polar surface area (TPSA) is 78.3 Å². The summed E-state index contributed by atoms with van der Waals surface area (Å²) in [6.45, 7) is 3.83. The average molecular weight is 402 g/mol. The van der Waals surface area contributed by atoms with Crippen molar-refractivity contribution in [1.29, 1.82) is 0 Å². The molecule has 30 heavy (non-hydrogen) atoms. The fourth-order valence-corrected chi connectivity index (χ4v) is 3.07. The summed E-state index contributed by atoms with van der Waals surface area (Å²) in [5.41, 5.74) is 4.91. The minimum Gasteiger partial charge on any atom is -0.497 e. The molecule has 0 unspecified atom stereocenters. The molecule has 0 spiro atoms. The van der Waals surface area contributed by atoms with Crippen LogP contribution in [0.4, 0.5) is 5.69 Å². The molecule has 0 radical (unpaired) electrons. The predicted octanol–water partition coefficient (Wildman–Crippen LogP) is 4.06. The van der Waals surface area contributed by atoms with E-state index in [1.807, 2.05) is 74.5 Å². The molecule has 0 atom stereocenters. The largest absolute Gasteiger partial charge is 0.497 e. The van der Waals surface area contributed by atoms with Gasteiger partial charge in [0.2, 0.25) is 0 Å². The van der Waals surface area contributed by atoms with Crippen molar-refractivity contribution < 1.29 is 14.3 Å². The molecule has 4 aromatic rings. The molecule has 7 heteroatoms. The van der Waals surface area contributed by atoms with Crippen LogP contribution in [0.25, 0.3) is 16.7 Å². The van der Waals surface area contributed by atoms with Crippen molar-refractivity contribution in [3.63, 3.8) is 0 Å². The number of carbonyl (C=O) groups is 1. The molecule has 0 bridgehead atoms. The van der Waals surface area contributed by atoms with Gasteiger partial charge in [-0.2, -0.15) is 4.80 Å². The average Bonchev–Trinajstić information content (AvgIpc) is 3.15. The van der Waals surface area contributed by atoms with Gasteiger partial charge in [-0.25, -0.2) is 0 Å². The van der Waals surface area contributed by atoms with E-state index in [0.717, 1.165) is 28.1 Å². The number of nitrogens with one attached hydrogen (secondary N) is 1. The third-order valence-corrected chi connectivity index (χ3v) is 4.66. The van der Waals surface area contributed by atoms with Crippen LogP contribution in [0.5, 0.6) is 11.5 Å². The summed E-state index contributed by atoms with van der Waals surface area (Å²) in [6, 6.07) is 18.8. The van der Waals surface area contributed by atoms with Crippen LogP contribution in [-0.4, -0.2) is 34.6 Å². The Kier molecular flexibility index (Phi) is 5.34. The summed E-state index contributed by atoms with van der Waals surface area (Å²) in [5, 5.41) is 12.0. The molecule has 3 aromatic carbocycles. The zero-order valence-corrected chi connectivity index (χ0v) is 17.0. The van der Waals surface area contributed by atoms with Crippen molar-refractivity contribution in [2.75, 3.05) is 19.0 Å². The van der Waals surface area contributed by atoms with E-state index in [4.69, 9.17) is 9.47 Å². The van der Waals surface area contributed by atoms with E-state index in [9.17, 15) is 4.79 Å². The predicted molar refractivity (Wildman–Crippen MR) is 115 cm³/mol. The molecule has 4 rings (SSSR count). The lowest BCUT2D eigenvalue weighted by atomic mass is 10.1. The third kappa shape index (κ3) is 4.25. The first-order valence-corrected chi connectivity index (χ1v) is 9.53. The van der Waals surface area contributed by atoms with Gasteiger partial charge < -0.3 is 14.8 Å². The Morgan fingerprint density at radius 3 is 2.40 bits per heavy atom.